The first-order chi connectivity index (χ1) is 8.62. The van der Waals surface area contributed by atoms with Gasteiger partial charge in [0.15, 0.2) is 0 Å². The Hall–Kier alpha value is -1.29. The highest BCUT2D eigenvalue weighted by molar-refractivity contribution is 7.91. The molecule has 2 aromatic heterocycles. The molecule has 3 N–H and O–H groups in total. The number of H-pyrrole nitrogens is 1. The molecule has 2 aromatic rings. The number of aliphatic hydroxyl groups excluding tert-OH is 1. The molecule has 7 nitrogen and oxygen atoms in total. The van der Waals surface area contributed by atoms with Crippen LogP contribution < -0.4 is 4.72 Å². The summed E-state index contributed by atoms with van der Waals surface area (Å²) >= 11 is 1.05. The van der Waals surface area contributed by atoms with Gasteiger partial charge in [0, 0.05) is 17.8 Å². The van der Waals surface area contributed by atoms with E-state index in [4.69, 9.17) is 5.11 Å². The number of hydrogen-bond acceptors (Lipinski definition) is 6. The third-order valence-corrected chi connectivity index (χ3v) is 5.20. The van der Waals surface area contributed by atoms with Crippen LogP contribution >= 0.6 is 11.3 Å². The summed E-state index contributed by atoms with van der Waals surface area (Å²) in [5.41, 5.74) is 0. The van der Waals surface area contributed by atoms with Gasteiger partial charge in [-0.25, -0.2) is 18.1 Å². The van der Waals surface area contributed by atoms with Crippen LogP contribution in [0.4, 0.5) is 0 Å². The maximum Gasteiger partial charge on any atom is 0.250 e. The molecular weight excluding hydrogens is 276 g/mol. The van der Waals surface area contributed by atoms with Crippen LogP contribution in [-0.4, -0.2) is 35.3 Å². The lowest BCUT2D eigenvalue weighted by Crippen LogP contribution is -2.25. The molecule has 0 unspecified atom stereocenters. The topological polar surface area (TPSA) is 108 Å². The lowest BCUT2D eigenvalue weighted by molar-refractivity contribution is 0.285. The zero-order chi connectivity index (χ0) is 13.0. The van der Waals surface area contributed by atoms with E-state index in [-0.39, 0.29) is 17.4 Å². The molecule has 2 heterocycles. The van der Waals surface area contributed by atoms with E-state index in [1.165, 1.54) is 12.4 Å². The molecule has 0 aliphatic carbocycles. The van der Waals surface area contributed by atoms with Gasteiger partial charge in [-0.15, -0.1) is 11.3 Å². The van der Waals surface area contributed by atoms with Crippen molar-refractivity contribution in [3.8, 4) is 0 Å². The number of thiophene rings is 1. The third kappa shape index (κ3) is 3.13. The quantitative estimate of drug-likeness (QED) is 0.687. The Kier molecular flexibility index (Phi) is 4.07. The lowest BCUT2D eigenvalue weighted by Gasteiger charge is -2.02. The van der Waals surface area contributed by atoms with Gasteiger partial charge in [0.05, 0.1) is 6.61 Å². The largest absolute Gasteiger partial charge is 0.391 e. The van der Waals surface area contributed by atoms with Crippen molar-refractivity contribution in [1.82, 2.24) is 19.9 Å². The fourth-order valence-electron chi connectivity index (χ4n) is 1.31. The Labute approximate surface area is 108 Å². The molecule has 0 spiro atoms. The number of aromatic nitrogens is 3. The van der Waals surface area contributed by atoms with E-state index < -0.39 is 10.0 Å². The van der Waals surface area contributed by atoms with Crippen molar-refractivity contribution in [1.29, 1.82) is 0 Å². The lowest BCUT2D eigenvalue weighted by atomic mass is 10.4. The van der Waals surface area contributed by atoms with Crippen molar-refractivity contribution < 1.29 is 13.5 Å². The summed E-state index contributed by atoms with van der Waals surface area (Å²) in [5, 5.41) is 15.2. The zero-order valence-corrected chi connectivity index (χ0v) is 11.0. The van der Waals surface area contributed by atoms with E-state index in [1.54, 1.807) is 6.07 Å². The first kappa shape index (κ1) is 13.1. The second kappa shape index (κ2) is 5.57. The Morgan fingerprint density at radius 2 is 2.28 bits per heavy atom. The van der Waals surface area contributed by atoms with Crippen molar-refractivity contribution in [3.05, 3.63) is 29.2 Å². The van der Waals surface area contributed by atoms with Crippen LogP contribution in [0.15, 0.2) is 22.7 Å². The minimum absolute atomic E-state index is 0.155. The second-order valence-corrected chi connectivity index (χ2v) is 6.62. The van der Waals surface area contributed by atoms with Crippen molar-refractivity contribution in [2.24, 2.45) is 0 Å². The molecule has 0 radical (unpaired) electrons. The first-order valence-corrected chi connectivity index (χ1v) is 7.45. The summed E-state index contributed by atoms with van der Waals surface area (Å²) < 4.78 is 26.4. The maximum atomic E-state index is 11.9. The molecule has 0 aliphatic heterocycles. The number of aliphatic hydroxyl groups is 1. The minimum Gasteiger partial charge on any atom is -0.391 e. The van der Waals surface area contributed by atoms with E-state index in [0.29, 0.717) is 17.1 Å². The number of aromatic amines is 1. The van der Waals surface area contributed by atoms with Crippen LogP contribution in [0.2, 0.25) is 0 Å². The molecular formula is C9H12N4O3S2. The highest BCUT2D eigenvalue weighted by Crippen LogP contribution is 2.21. The highest BCUT2D eigenvalue weighted by atomic mass is 32.2. The average Bonchev–Trinajstić information content (AvgIpc) is 2.99. The van der Waals surface area contributed by atoms with Crippen molar-refractivity contribution >= 4 is 21.4 Å². The highest BCUT2D eigenvalue weighted by Gasteiger charge is 2.16. The molecule has 0 aliphatic rings. The van der Waals surface area contributed by atoms with E-state index in [0.717, 1.165) is 11.3 Å². The van der Waals surface area contributed by atoms with Crippen molar-refractivity contribution in [3.63, 3.8) is 0 Å². The molecule has 0 saturated carbocycles. The van der Waals surface area contributed by atoms with Crippen LogP contribution in [0.1, 0.15) is 10.7 Å². The molecule has 0 aromatic carbocycles. The zero-order valence-electron chi connectivity index (χ0n) is 9.33. The summed E-state index contributed by atoms with van der Waals surface area (Å²) in [5.74, 6) is 0.625. The van der Waals surface area contributed by atoms with E-state index in [9.17, 15) is 8.42 Å². The minimum atomic E-state index is -3.51. The molecule has 0 atom stereocenters. The van der Waals surface area contributed by atoms with Gasteiger partial charge in [0.1, 0.15) is 16.4 Å². The molecule has 2 rings (SSSR count). The van der Waals surface area contributed by atoms with Crippen LogP contribution in [0, 0.1) is 0 Å². The third-order valence-electron chi connectivity index (χ3n) is 2.18. The van der Waals surface area contributed by atoms with Gasteiger partial charge >= 0.3 is 0 Å². The van der Waals surface area contributed by atoms with Gasteiger partial charge in [-0.3, -0.25) is 5.10 Å². The number of nitrogens with zero attached hydrogens (tertiary/aromatic N) is 2. The predicted molar refractivity (Wildman–Crippen MR) is 65.5 cm³/mol. The van der Waals surface area contributed by atoms with E-state index in [2.05, 4.69) is 19.9 Å². The van der Waals surface area contributed by atoms with Crippen LogP contribution in [-0.2, 0) is 23.1 Å². The van der Waals surface area contributed by atoms with Crippen LogP contribution in [0.3, 0.4) is 0 Å². The standard InChI is InChI=1S/C9H12N4O3S2/c14-5-7-1-2-9(17-7)18(15,16)12-4-3-8-10-6-11-13-8/h1-2,6,12,14H,3-5H2,(H,10,11,13). The van der Waals surface area contributed by atoms with Crippen molar-refractivity contribution in [2.45, 2.75) is 17.2 Å². The molecule has 0 amide bonds. The summed E-state index contributed by atoms with van der Waals surface area (Å²) in [7, 11) is -3.51. The summed E-state index contributed by atoms with van der Waals surface area (Å²) in [4.78, 5) is 4.51. The Morgan fingerprint density at radius 3 is 2.89 bits per heavy atom. The Morgan fingerprint density at radius 1 is 1.44 bits per heavy atom. The van der Waals surface area contributed by atoms with E-state index >= 15 is 0 Å². The van der Waals surface area contributed by atoms with Gasteiger partial charge in [-0.2, -0.15) is 5.10 Å². The second-order valence-electron chi connectivity index (χ2n) is 3.46. The number of hydrogen-bond donors (Lipinski definition) is 3. The fraction of sp³-hybridized carbons (Fsp3) is 0.333. The Bertz CT molecular complexity index is 591. The Balaban J connectivity index is 1.95. The molecule has 9 heteroatoms. The molecule has 98 valence electrons. The van der Waals surface area contributed by atoms with Gasteiger partial charge in [-0.05, 0) is 12.1 Å². The molecule has 0 bridgehead atoms. The molecule has 0 fully saturated rings. The summed E-state index contributed by atoms with van der Waals surface area (Å²) in [6.45, 7) is 0.0855. The van der Waals surface area contributed by atoms with Gasteiger partial charge in [0.2, 0.25) is 10.0 Å². The van der Waals surface area contributed by atoms with E-state index in [1.807, 2.05) is 0 Å². The number of sulfonamides is 1. The van der Waals surface area contributed by atoms with Crippen molar-refractivity contribution in [2.75, 3.05) is 6.54 Å². The van der Waals surface area contributed by atoms with Crippen LogP contribution in [0.5, 0.6) is 0 Å². The SMILES string of the molecule is O=S(=O)(NCCc1ncn[nH]1)c1ccc(CO)s1. The maximum absolute atomic E-state index is 11.9. The smallest absolute Gasteiger partial charge is 0.250 e. The van der Waals surface area contributed by atoms with Gasteiger partial charge in [-0.1, -0.05) is 0 Å². The average molecular weight is 288 g/mol. The normalized spacial score (nSPS) is 11.8. The fourth-order valence-corrected chi connectivity index (χ4v) is 3.61. The monoisotopic (exact) mass is 288 g/mol. The summed E-state index contributed by atoms with van der Waals surface area (Å²) in [6.07, 6.45) is 1.81. The van der Waals surface area contributed by atoms with Gasteiger partial charge < -0.3 is 5.11 Å². The number of rotatable bonds is 6. The first-order valence-electron chi connectivity index (χ1n) is 5.15. The molecule has 18 heavy (non-hydrogen) atoms. The predicted octanol–water partition coefficient (Wildman–Crippen LogP) is -0.121. The van der Waals surface area contributed by atoms with Gasteiger partial charge in [0.25, 0.3) is 0 Å². The summed E-state index contributed by atoms with van der Waals surface area (Å²) in [6, 6.07) is 3.07. The molecule has 0 saturated heterocycles. The van der Waals surface area contributed by atoms with Crippen LogP contribution in [0.25, 0.3) is 0 Å². The number of nitrogens with one attached hydrogen (secondary N) is 2.